The highest BCUT2D eigenvalue weighted by Crippen LogP contribution is 2.33. The van der Waals surface area contributed by atoms with Crippen molar-refractivity contribution in [2.75, 3.05) is 11.9 Å². The van der Waals surface area contributed by atoms with Gasteiger partial charge in [-0.1, -0.05) is 0 Å². The van der Waals surface area contributed by atoms with Gasteiger partial charge in [-0.05, 0) is 26.3 Å². The summed E-state index contributed by atoms with van der Waals surface area (Å²) in [4.78, 5) is 25.8. The molecule has 7 heteroatoms. The summed E-state index contributed by atoms with van der Waals surface area (Å²) in [5.74, 6) is -0.717. The predicted octanol–water partition coefficient (Wildman–Crippen LogP) is 3.88. The SMILES string of the molecule is CCOC(=O)c1c(NC(=O)c2cc3occc3n2C)sc(C)c1C. The second-order valence-corrected chi connectivity index (χ2v) is 6.65. The highest BCUT2D eigenvalue weighted by atomic mass is 32.1. The van der Waals surface area contributed by atoms with E-state index in [0.717, 1.165) is 16.0 Å². The summed E-state index contributed by atoms with van der Waals surface area (Å²) in [6.45, 7) is 5.80. The van der Waals surface area contributed by atoms with Crippen molar-refractivity contribution in [2.24, 2.45) is 7.05 Å². The second-order valence-electron chi connectivity index (χ2n) is 5.42. The van der Waals surface area contributed by atoms with Gasteiger partial charge in [0.1, 0.15) is 10.7 Å². The van der Waals surface area contributed by atoms with Crippen molar-refractivity contribution in [1.82, 2.24) is 4.57 Å². The fourth-order valence-electron chi connectivity index (χ4n) is 2.60. The molecule has 0 spiro atoms. The number of hydrogen-bond acceptors (Lipinski definition) is 5. The average molecular weight is 346 g/mol. The molecule has 0 aliphatic carbocycles. The molecular formula is C17H18N2O4S. The van der Waals surface area contributed by atoms with E-state index < -0.39 is 5.97 Å². The van der Waals surface area contributed by atoms with Crippen molar-refractivity contribution < 1.29 is 18.7 Å². The molecule has 1 N–H and O–H groups in total. The molecular weight excluding hydrogens is 328 g/mol. The third kappa shape index (κ3) is 2.60. The largest absolute Gasteiger partial charge is 0.463 e. The Bertz CT molecular complexity index is 932. The molecule has 6 nitrogen and oxygen atoms in total. The van der Waals surface area contributed by atoms with Crippen molar-refractivity contribution in [2.45, 2.75) is 20.8 Å². The number of furan rings is 1. The number of rotatable bonds is 4. The predicted molar refractivity (Wildman–Crippen MR) is 92.9 cm³/mol. The number of aryl methyl sites for hydroxylation is 2. The molecule has 3 aromatic rings. The Labute approximate surface area is 143 Å². The van der Waals surface area contributed by atoms with Gasteiger partial charge in [-0.2, -0.15) is 0 Å². The third-order valence-electron chi connectivity index (χ3n) is 3.99. The van der Waals surface area contributed by atoms with Gasteiger partial charge < -0.3 is 19.0 Å². The van der Waals surface area contributed by atoms with Crippen molar-refractivity contribution in [3.63, 3.8) is 0 Å². The lowest BCUT2D eigenvalue weighted by molar-refractivity contribution is 0.0527. The summed E-state index contributed by atoms with van der Waals surface area (Å²) in [6.07, 6.45) is 1.58. The number of aromatic nitrogens is 1. The number of nitrogens with one attached hydrogen (secondary N) is 1. The molecule has 0 radical (unpaired) electrons. The Kier molecular flexibility index (Phi) is 4.19. The third-order valence-corrected chi connectivity index (χ3v) is 5.11. The molecule has 126 valence electrons. The van der Waals surface area contributed by atoms with Gasteiger partial charge in [-0.15, -0.1) is 11.3 Å². The minimum atomic E-state index is -0.421. The van der Waals surface area contributed by atoms with E-state index in [0.29, 0.717) is 21.8 Å². The van der Waals surface area contributed by atoms with Crippen molar-refractivity contribution in [3.05, 3.63) is 40.1 Å². The van der Waals surface area contributed by atoms with Crippen molar-refractivity contribution >= 4 is 39.3 Å². The standard InChI is InChI=1S/C17H18N2O4S/c1-5-22-17(21)14-9(2)10(3)24-16(14)18-15(20)12-8-13-11(19(12)4)6-7-23-13/h6-8H,5H2,1-4H3,(H,18,20). The van der Waals surface area contributed by atoms with Gasteiger partial charge in [0.15, 0.2) is 5.58 Å². The van der Waals surface area contributed by atoms with E-state index in [1.54, 1.807) is 36.9 Å². The lowest BCUT2D eigenvalue weighted by Gasteiger charge is -2.08. The van der Waals surface area contributed by atoms with E-state index in [-0.39, 0.29) is 12.5 Å². The van der Waals surface area contributed by atoms with Crippen LogP contribution in [0.2, 0.25) is 0 Å². The van der Waals surface area contributed by atoms with Crippen LogP contribution >= 0.6 is 11.3 Å². The second kappa shape index (κ2) is 6.16. The smallest absolute Gasteiger partial charge is 0.341 e. The average Bonchev–Trinajstić information content (AvgIpc) is 3.17. The Morgan fingerprint density at radius 2 is 2.12 bits per heavy atom. The maximum atomic E-state index is 12.6. The van der Waals surface area contributed by atoms with Crippen LogP contribution < -0.4 is 5.32 Å². The van der Waals surface area contributed by atoms with E-state index in [9.17, 15) is 9.59 Å². The Balaban J connectivity index is 1.94. The highest BCUT2D eigenvalue weighted by Gasteiger charge is 2.23. The highest BCUT2D eigenvalue weighted by molar-refractivity contribution is 7.16. The zero-order chi connectivity index (χ0) is 17.4. The maximum absolute atomic E-state index is 12.6. The number of fused-ring (bicyclic) bond motifs is 1. The van der Waals surface area contributed by atoms with Crippen LogP contribution in [0.25, 0.3) is 11.1 Å². The molecule has 0 aromatic carbocycles. The molecule has 0 aliphatic heterocycles. The van der Waals surface area contributed by atoms with E-state index in [2.05, 4.69) is 5.32 Å². The molecule has 0 aliphatic rings. The lowest BCUT2D eigenvalue weighted by Crippen LogP contribution is -2.17. The first-order valence-electron chi connectivity index (χ1n) is 7.55. The van der Waals surface area contributed by atoms with Crippen LogP contribution in [0.1, 0.15) is 38.2 Å². The fraction of sp³-hybridized carbons (Fsp3) is 0.294. The molecule has 24 heavy (non-hydrogen) atoms. The number of amides is 1. The van der Waals surface area contributed by atoms with Crippen LogP contribution in [0.4, 0.5) is 5.00 Å². The Morgan fingerprint density at radius 1 is 1.38 bits per heavy atom. The number of carbonyl (C=O) groups is 2. The number of ether oxygens (including phenoxy) is 1. The van der Waals surface area contributed by atoms with Gasteiger partial charge >= 0.3 is 5.97 Å². The Morgan fingerprint density at radius 3 is 2.79 bits per heavy atom. The van der Waals surface area contributed by atoms with Crippen LogP contribution in [0.3, 0.4) is 0 Å². The van der Waals surface area contributed by atoms with Gasteiger partial charge in [-0.25, -0.2) is 4.79 Å². The van der Waals surface area contributed by atoms with Gasteiger partial charge in [0, 0.05) is 24.1 Å². The molecule has 0 bridgehead atoms. The number of hydrogen-bond donors (Lipinski definition) is 1. The molecule has 0 saturated heterocycles. The van der Waals surface area contributed by atoms with Crippen LogP contribution in [-0.2, 0) is 11.8 Å². The summed E-state index contributed by atoms with van der Waals surface area (Å²) in [6, 6.07) is 3.48. The summed E-state index contributed by atoms with van der Waals surface area (Å²) < 4.78 is 12.2. The minimum Gasteiger partial charge on any atom is -0.463 e. The molecule has 0 atom stereocenters. The van der Waals surface area contributed by atoms with Gasteiger partial charge in [0.2, 0.25) is 0 Å². The van der Waals surface area contributed by atoms with Crippen molar-refractivity contribution in [3.8, 4) is 0 Å². The zero-order valence-electron chi connectivity index (χ0n) is 13.9. The number of esters is 1. The van der Waals surface area contributed by atoms with E-state index in [4.69, 9.17) is 9.15 Å². The molecule has 1 amide bonds. The van der Waals surface area contributed by atoms with Crippen LogP contribution in [-0.4, -0.2) is 23.1 Å². The minimum absolute atomic E-state index is 0.286. The first kappa shape index (κ1) is 16.3. The van der Waals surface area contributed by atoms with Crippen LogP contribution in [0.15, 0.2) is 22.8 Å². The molecule has 3 heterocycles. The molecule has 0 saturated carbocycles. The summed E-state index contributed by atoms with van der Waals surface area (Å²) in [5.41, 5.74) is 3.19. The van der Waals surface area contributed by atoms with E-state index in [1.165, 1.54) is 11.3 Å². The lowest BCUT2D eigenvalue weighted by atomic mass is 10.1. The monoisotopic (exact) mass is 346 g/mol. The zero-order valence-corrected chi connectivity index (χ0v) is 14.7. The number of carbonyl (C=O) groups excluding carboxylic acids is 2. The number of thiophene rings is 1. The first-order chi connectivity index (χ1) is 11.4. The maximum Gasteiger partial charge on any atom is 0.341 e. The quantitative estimate of drug-likeness (QED) is 0.728. The molecule has 0 unspecified atom stereocenters. The Hall–Kier alpha value is -2.54. The number of nitrogens with zero attached hydrogens (tertiary/aromatic N) is 1. The van der Waals surface area contributed by atoms with E-state index in [1.807, 2.05) is 13.8 Å². The van der Waals surface area contributed by atoms with Gasteiger partial charge in [-0.3, -0.25) is 4.79 Å². The van der Waals surface area contributed by atoms with Crippen molar-refractivity contribution in [1.29, 1.82) is 0 Å². The van der Waals surface area contributed by atoms with Crippen LogP contribution in [0, 0.1) is 13.8 Å². The van der Waals surface area contributed by atoms with Gasteiger partial charge in [0.25, 0.3) is 5.91 Å². The topological polar surface area (TPSA) is 73.5 Å². The molecule has 3 aromatic heterocycles. The van der Waals surface area contributed by atoms with E-state index >= 15 is 0 Å². The molecule has 0 fully saturated rings. The normalized spacial score (nSPS) is 11.0. The first-order valence-corrected chi connectivity index (χ1v) is 8.37. The molecule has 3 rings (SSSR count). The van der Waals surface area contributed by atoms with Crippen LogP contribution in [0.5, 0.6) is 0 Å². The summed E-state index contributed by atoms with van der Waals surface area (Å²) in [7, 11) is 1.80. The number of anilines is 1. The summed E-state index contributed by atoms with van der Waals surface area (Å²) in [5, 5.41) is 3.34. The summed E-state index contributed by atoms with van der Waals surface area (Å²) >= 11 is 1.37. The van der Waals surface area contributed by atoms with Gasteiger partial charge in [0.05, 0.1) is 24.0 Å². The fourth-order valence-corrected chi connectivity index (χ4v) is 3.64.